The fourth-order valence-electron chi connectivity index (χ4n) is 5.80. The van der Waals surface area contributed by atoms with Crippen molar-refractivity contribution in [1.29, 1.82) is 0 Å². The van der Waals surface area contributed by atoms with Crippen LogP contribution in [0, 0.1) is 27.7 Å². The molecule has 1 amide bonds. The molecule has 2 N–H and O–H groups in total. The summed E-state index contributed by atoms with van der Waals surface area (Å²) in [5.74, 6) is 1.44. The van der Waals surface area contributed by atoms with Crippen molar-refractivity contribution in [2.75, 3.05) is 18.7 Å². The van der Waals surface area contributed by atoms with Gasteiger partial charge in [0.15, 0.2) is 16.6 Å². The minimum absolute atomic E-state index is 0.0487. The topological polar surface area (TPSA) is 80.7 Å². The SMILES string of the molecule is Cc1ccc(C)c(NC(=O)CCN2C(=S)N[C@@H](c3ccccn3)[C@@H]2c2cc(C)n(-c3ccc4c(c3)OCO4)c2C)c1. The molecule has 41 heavy (non-hydrogen) atoms. The van der Waals surface area contributed by atoms with Crippen molar-refractivity contribution >= 4 is 28.9 Å². The Bertz CT molecular complexity index is 1630. The second-order valence-electron chi connectivity index (χ2n) is 10.6. The lowest BCUT2D eigenvalue weighted by atomic mass is 9.96. The Morgan fingerprint density at radius 1 is 1.05 bits per heavy atom. The molecular formula is C32H33N5O3S. The molecule has 1 saturated heterocycles. The maximum absolute atomic E-state index is 13.1. The van der Waals surface area contributed by atoms with Gasteiger partial charge in [0.05, 0.1) is 17.8 Å². The minimum Gasteiger partial charge on any atom is -0.454 e. The van der Waals surface area contributed by atoms with Gasteiger partial charge in [-0.15, -0.1) is 0 Å². The molecule has 0 radical (unpaired) electrons. The molecule has 0 unspecified atom stereocenters. The lowest BCUT2D eigenvalue weighted by molar-refractivity contribution is -0.116. The third-order valence-electron chi connectivity index (χ3n) is 7.85. The number of aryl methyl sites for hydroxylation is 3. The van der Waals surface area contributed by atoms with Crippen LogP contribution >= 0.6 is 12.2 Å². The van der Waals surface area contributed by atoms with Crippen molar-refractivity contribution in [2.24, 2.45) is 0 Å². The van der Waals surface area contributed by atoms with Gasteiger partial charge in [-0.05, 0) is 93.0 Å². The second-order valence-corrected chi connectivity index (χ2v) is 11.0. The molecular weight excluding hydrogens is 534 g/mol. The maximum atomic E-state index is 13.1. The summed E-state index contributed by atoms with van der Waals surface area (Å²) in [5.41, 5.74) is 8.17. The van der Waals surface area contributed by atoms with E-state index in [2.05, 4.69) is 45.0 Å². The minimum atomic E-state index is -0.170. The molecule has 0 spiro atoms. The van der Waals surface area contributed by atoms with Gasteiger partial charge in [-0.1, -0.05) is 18.2 Å². The van der Waals surface area contributed by atoms with Gasteiger partial charge in [0, 0.05) is 48.0 Å². The van der Waals surface area contributed by atoms with Crippen LogP contribution in [-0.4, -0.2) is 38.8 Å². The van der Waals surface area contributed by atoms with Crippen molar-refractivity contribution in [1.82, 2.24) is 19.8 Å². The highest BCUT2D eigenvalue weighted by atomic mass is 32.1. The lowest BCUT2D eigenvalue weighted by Gasteiger charge is -2.28. The molecule has 2 aliphatic rings. The predicted octanol–water partition coefficient (Wildman–Crippen LogP) is 5.84. The van der Waals surface area contributed by atoms with E-state index in [9.17, 15) is 4.79 Å². The lowest BCUT2D eigenvalue weighted by Crippen LogP contribution is -2.33. The maximum Gasteiger partial charge on any atom is 0.231 e. The molecule has 2 aromatic carbocycles. The molecule has 6 rings (SSSR count). The third-order valence-corrected chi connectivity index (χ3v) is 8.20. The number of thiocarbonyl (C=S) groups is 1. The van der Waals surface area contributed by atoms with Gasteiger partial charge in [-0.2, -0.15) is 0 Å². The average molecular weight is 568 g/mol. The number of nitrogens with one attached hydrogen (secondary N) is 2. The smallest absolute Gasteiger partial charge is 0.231 e. The van der Waals surface area contributed by atoms with Crippen LogP contribution in [0.15, 0.2) is 66.9 Å². The van der Waals surface area contributed by atoms with E-state index >= 15 is 0 Å². The number of rotatable bonds is 7. The van der Waals surface area contributed by atoms with Gasteiger partial charge in [0.25, 0.3) is 0 Å². The first-order chi connectivity index (χ1) is 19.8. The van der Waals surface area contributed by atoms with E-state index in [1.807, 2.05) is 68.4 Å². The van der Waals surface area contributed by atoms with Crippen LogP contribution in [0.3, 0.4) is 0 Å². The zero-order valence-electron chi connectivity index (χ0n) is 23.6. The number of benzene rings is 2. The summed E-state index contributed by atoms with van der Waals surface area (Å²) < 4.78 is 13.4. The van der Waals surface area contributed by atoms with E-state index in [4.69, 9.17) is 21.7 Å². The zero-order valence-corrected chi connectivity index (χ0v) is 24.4. The predicted molar refractivity (Wildman–Crippen MR) is 163 cm³/mol. The first-order valence-corrected chi connectivity index (χ1v) is 14.1. The van der Waals surface area contributed by atoms with E-state index in [1.54, 1.807) is 6.20 Å². The third kappa shape index (κ3) is 5.13. The highest BCUT2D eigenvalue weighted by molar-refractivity contribution is 7.80. The van der Waals surface area contributed by atoms with E-state index < -0.39 is 0 Å². The summed E-state index contributed by atoms with van der Waals surface area (Å²) >= 11 is 5.86. The molecule has 8 nitrogen and oxygen atoms in total. The normalized spacial score (nSPS) is 17.6. The molecule has 2 aliphatic heterocycles. The molecule has 210 valence electrons. The summed E-state index contributed by atoms with van der Waals surface area (Å²) in [6.45, 7) is 8.93. The molecule has 0 aliphatic carbocycles. The Balaban J connectivity index is 1.32. The van der Waals surface area contributed by atoms with Gasteiger partial charge in [-0.3, -0.25) is 9.78 Å². The fourth-order valence-corrected chi connectivity index (χ4v) is 6.13. The Morgan fingerprint density at radius 3 is 2.68 bits per heavy atom. The first kappa shape index (κ1) is 26.8. The Kier molecular flexibility index (Phi) is 7.13. The number of anilines is 1. The number of pyridine rings is 1. The number of carbonyl (C=O) groups is 1. The first-order valence-electron chi connectivity index (χ1n) is 13.7. The number of carbonyl (C=O) groups excluding carboxylic acids is 1. The molecule has 4 aromatic rings. The number of amides is 1. The number of nitrogens with zero attached hydrogens (tertiary/aromatic N) is 3. The summed E-state index contributed by atoms with van der Waals surface area (Å²) in [4.78, 5) is 19.9. The molecule has 0 saturated carbocycles. The van der Waals surface area contributed by atoms with Gasteiger partial charge < -0.3 is 29.6 Å². The summed E-state index contributed by atoms with van der Waals surface area (Å²) in [7, 11) is 0. The van der Waals surface area contributed by atoms with Crippen LogP contribution in [0.1, 0.15) is 52.3 Å². The van der Waals surface area contributed by atoms with Crippen LogP contribution in [-0.2, 0) is 4.79 Å². The molecule has 1 fully saturated rings. The number of hydrogen-bond donors (Lipinski definition) is 2. The second kappa shape index (κ2) is 10.9. The van der Waals surface area contributed by atoms with Crippen molar-refractivity contribution in [2.45, 2.75) is 46.2 Å². The molecule has 0 bridgehead atoms. The Morgan fingerprint density at radius 2 is 1.88 bits per heavy atom. The van der Waals surface area contributed by atoms with E-state index in [0.29, 0.717) is 18.1 Å². The summed E-state index contributed by atoms with van der Waals surface area (Å²) in [6, 6.07) is 19.9. The standard InChI is InChI=1S/C32H33N5O3S/c1-19-8-9-20(2)26(15-19)34-29(38)12-14-36-31(30(35-32(36)41)25-7-5-6-13-33-25)24-16-21(3)37(22(24)4)23-10-11-27-28(17-23)40-18-39-27/h5-11,13,15-17,30-31H,12,14,18H2,1-4H3,(H,34,38)(H,35,41)/t30-,31-/m0/s1. The Labute approximate surface area is 245 Å². The number of ether oxygens (including phenoxy) is 2. The Hall–Kier alpha value is -4.37. The quantitative estimate of drug-likeness (QED) is 0.272. The molecule has 4 heterocycles. The number of fused-ring (bicyclic) bond motifs is 1. The zero-order chi connectivity index (χ0) is 28.7. The van der Waals surface area contributed by atoms with E-state index in [0.717, 1.165) is 56.6 Å². The van der Waals surface area contributed by atoms with Crippen molar-refractivity contribution < 1.29 is 14.3 Å². The van der Waals surface area contributed by atoms with Gasteiger partial charge in [0.2, 0.25) is 12.7 Å². The highest BCUT2D eigenvalue weighted by Crippen LogP contribution is 2.42. The van der Waals surface area contributed by atoms with E-state index in [1.165, 1.54) is 0 Å². The average Bonchev–Trinajstić information content (AvgIpc) is 3.64. The fraction of sp³-hybridized carbons (Fsp3) is 0.281. The van der Waals surface area contributed by atoms with Gasteiger partial charge >= 0.3 is 0 Å². The van der Waals surface area contributed by atoms with Crippen LogP contribution in [0.4, 0.5) is 5.69 Å². The highest BCUT2D eigenvalue weighted by Gasteiger charge is 2.41. The summed E-state index contributed by atoms with van der Waals surface area (Å²) in [5, 5.41) is 7.20. The van der Waals surface area contributed by atoms with Crippen molar-refractivity contribution in [3.63, 3.8) is 0 Å². The number of hydrogen-bond acceptors (Lipinski definition) is 5. The van der Waals surface area contributed by atoms with Crippen molar-refractivity contribution in [3.8, 4) is 17.2 Å². The monoisotopic (exact) mass is 567 g/mol. The largest absolute Gasteiger partial charge is 0.454 e. The number of aromatic nitrogens is 2. The van der Waals surface area contributed by atoms with Crippen LogP contribution in [0.5, 0.6) is 11.5 Å². The van der Waals surface area contributed by atoms with Crippen molar-refractivity contribution in [3.05, 3.63) is 101 Å². The van der Waals surface area contributed by atoms with Crippen LogP contribution < -0.4 is 20.1 Å². The van der Waals surface area contributed by atoms with Gasteiger partial charge in [-0.25, -0.2) is 0 Å². The molecule has 2 atom stereocenters. The molecule has 2 aromatic heterocycles. The van der Waals surface area contributed by atoms with Crippen LogP contribution in [0.25, 0.3) is 5.69 Å². The molecule has 9 heteroatoms. The summed E-state index contributed by atoms with van der Waals surface area (Å²) in [6.07, 6.45) is 2.09. The van der Waals surface area contributed by atoms with Gasteiger partial charge in [0.1, 0.15) is 0 Å². The van der Waals surface area contributed by atoms with E-state index in [-0.39, 0.29) is 24.8 Å². The van der Waals surface area contributed by atoms with Crippen LogP contribution in [0.2, 0.25) is 0 Å².